The predicted molar refractivity (Wildman–Crippen MR) is 80.1 cm³/mol. The van der Waals surface area contributed by atoms with Crippen LogP contribution in [0.15, 0.2) is 42.6 Å². The van der Waals surface area contributed by atoms with Crippen LogP contribution in [0.1, 0.15) is 59.3 Å². The van der Waals surface area contributed by atoms with Crippen LogP contribution in [0.4, 0.5) is 0 Å². The molecule has 0 saturated heterocycles. The summed E-state index contributed by atoms with van der Waals surface area (Å²) in [6.07, 6.45) is 6.22. The molecule has 0 radical (unpaired) electrons. The summed E-state index contributed by atoms with van der Waals surface area (Å²) in [5, 5.41) is 0. The van der Waals surface area contributed by atoms with Crippen LogP contribution in [0, 0.1) is 0 Å². The maximum Gasteiger partial charge on any atom is 0.211 e. The normalized spacial score (nSPS) is 14.8. The number of carbonyl (C=O) groups is 1. The van der Waals surface area contributed by atoms with Crippen molar-refractivity contribution in [3.63, 3.8) is 0 Å². The molecule has 1 aliphatic carbocycles. The van der Waals surface area contributed by atoms with Crippen molar-refractivity contribution >= 4 is 5.78 Å². The van der Waals surface area contributed by atoms with Gasteiger partial charge in [-0.1, -0.05) is 43.7 Å². The van der Waals surface area contributed by atoms with Crippen LogP contribution in [0.5, 0.6) is 0 Å². The van der Waals surface area contributed by atoms with Crippen LogP contribution in [0.3, 0.4) is 0 Å². The summed E-state index contributed by atoms with van der Waals surface area (Å²) >= 11 is 0. The minimum absolute atomic E-state index is 0.0740. The van der Waals surface area contributed by atoms with E-state index in [1.54, 1.807) is 6.20 Å². The van der Waals surface area contributed by atoms with Gasteiger partial charge in [0.25, 0.3) is 0 Å². The van der Waals surface area contributed by atoms with Crippen LogP contribution in [0.2, 0.25) is 0 Å². The lowest BCUT2D eigenvalue weighted by molar-refractivity contribution is 0.103. The molecular formula is C18H19NO. The van der Waals surface area contributed by atoms with Gasteiger partial charge in [-0.05, 0) is 42.4 Å². The first-order valence-electron chi connectivity index (χ1n) is 7.38. The first-order valence-corrected chi connectivity index (χ1v) is 7.38. The van der Waals surface area contributed by atoms with Crippen LogP contribution in [-0.2, 0) is 6.42 Å². The molecule has 102 valence electrons. The van der Waals surface area contributed by atoms with Crippen LogP contribution in [-0.4, -0.2) is 10.8 Å². The number of carbonyl (C=O) groups excluding carboxylic acids is 1. The lowest BCUT2D eigenvalue weighted by Gasteiger charge is -2.27. The average molecular weight is 265 g/mol. The number of nitrogens with zero attached hydrogens (tertiary/aromatic N) is 1. The number of benzene rings is 1. The Kier molecular flexibility index (Phi) is 3.64. The fourth-order valence-corrected chi connectivity index (χ4v) is 2.83. The molecule has 2 nitrogen and oxygen atoms in total. The molecule has 0 aliphatic heterocycles. The Morgan fingerprint density at radius 1 is 1.20 bits per heavy atom. The van der Waals surface area contributed by atoms with Crippen LogP contribution < -0.4 is 0 Å². The molecule has 0 amide bonds. The van der Waals surface area contributed by atoms with Crippen molar-refractivity contribution < 1.29 is 4.79 Å². The lowest BCUT2D eigenvalue weighted by atomic mass is 9.77. The highest BCUT2D eigenvalue weighted by Gasteiger charge is 2.25. The average Bonchev–Trinajstić information content (AvgIpc) is 2.45. The standard InChI is InChI=1S/C18H19NO/c1-2-13-9-6-12-19-17(13)18(20)16-11-4-3-10-15(16)14-7-5-8-14/h3-4,6,9-12,14H,2,5,7-8H2,1H3. The second-order valence-electron chi connectivity index (χ2n) is 5.41. The monoisotopic (exact) mass is 265 g/mol. The molecule has 1 heterocycles. The van der Waals surface area contributed by atoms with Gasteiger partial charge in [0, 0.05) is 11.8 Å². The zero-order valence-electron chi connectivity index (χ0n) is 11.8. The molecule has 1 aromatic carbocycles. The highest BCUT2D eigenvalue weighted by molar-refractivity contribution is 6.09. The molecule has 2 heteroatoms. The molecule has 0 bridgehead atoms. The number of hydrogen-bond donors (Lipinski definition) is 0. The lowest BCUT2D eigenvalue weighted by Crippen LogP contribution is -2.16. The number of aryl methyl sites for hydroxylation is 1. The summed E-state index contributed by atoms with van der Waals surface area (Å²) in [5.41, 5.74) is 3.68. The molecular weight excluding hydrogens is 246 g/mol. The van der Waals surface area contributed by atoms with E-state index < -0.39 is 0 Å². The van der Waals surface area contributed by atoms with Crippen molar-refractivity contribution in [2.75, 3.05) is 0 Å². The smallest absolute Gasteiger partial charge is 0.211 e. The SMILES string of the molecule is CCc1cccnc1C(=O)c1ccccc1C1CCC1. The minimum Gasteiger partial charge on any atom is -0.287 e. The largest absolute Gasteiger partial charge is 0.287 e. The first-order chi connectivity index (χ1) is 9.81. The summed E-state index contributed by atoms with van der Waals surface area (Å²) in [6, 6.07) is 11.9. The van der Waals surface area contributed by atoms with Gasteiger partial charge < -0.3 is 0 Å². The maximum absolute atomic E-state index is 12.8. The molecule has 1 aliphatic rings. The Hall–Kier alpha value is -1.96. The van der Waals surface area contributed by atoms with Crippen molar-refractivity contribution in [2.24, 2.45) is 0 Å². The van der Waals surface area contributed by atoms with Crippen LogP contribution >= 0.6 is 0 Å². The van der Waals surface area contributed by atoms with Crippen molar-refractivity contribution in [3.05, 3.63) is 65.0 Å². The third-order valence-electron chi connectivity index (χ3n) is 4.24. The fourth-order valence-electron chi connectivity index (χ4n) is 2.83. The quantitative estimate of drug-likeness (QED) is 0.778. The second-order valence-corrected chi connectivity index (χ2v) is 5.41. The predicted octanol–water partition coefficient (Wildman–Crippen LogP) is 4.14. The van der Waals surface area contributed by atoms with Crippen molar-refractivity contribution in [3.8, 4) is 0 Å². The first kappa shape index (κ1) is 13.0. The van der Waals surface area contributed by atoms with Gasteiger partial charge in [0.15, 0.2) is 0 Å². The molecule has 1 saturated carbocycles. The van der Waals surface area contributed by atoms with Gasteiger partial charge in [0.1, 0.15) is 5.69 Å². The number of rotatable bonds is 4. The zero-order chi connectivity index (χ0) is 13.9. The third kappa shape index (κ3) is 2.26. The third-order valence-corrected chi connectivity index (χ3v) is 4.24. The maximum atomic E-state index is 12.8. The van der Waals surface area contributed by atoms with Crippen molar-refractivity contribution in [2.45, 2.75) is 38.5 Å². The summed E-state index contributed by atoms with van der Waals surface area (Å²) in [6.45, 7) is 2.06. The van der Waals surface area contributed by atoms with Gasteiger partial charge >= 0.3 is 0 Å². The molecule has 0 N–H and O–H groups in total. The van der Waals surface area contributed by atoms with E-state index in [0.717, 1.165) is 17.5 Å². The van der Waals surface area contributed by atoms with Crippen molar-refractivity contribution in [1.82, 2.24) is 4.98 Å². The molecule has 1 aromatic heterocycles. The number of ketones is 1. The minimum atomic E-state index is 0.0740. The highest BCUT2D eigenvalue weighted by atomic mass is 16.1. The van der Waals surface area contributed by atoms with Gasteiger partial charge in [-0.15, -0.1) is 0 Å². The van der Waals surface area contributed by atoms with Crippen molar-refractivity contribution in [1.29, 1.82) is 0 Å². The Balaban J connectivity index is 2.02. The zero-order valence-corrected chi connectivity index (χ0v) is 11.8. The summed E-state index contributed by atoms with van der Waals surface area (Å²) < 4.78 is 0. The molecule has 20 heavy (non-hydrogen) atoms. The van der Waals surface area contributed by atoms with Crippen LogP contribution in [0.25, 0.3) is 0 Å². The number of pyridine rings is 1. The number of aromatic nitrogens is 1. The molecule has 2 aromatic rings. The molecule has 0 atom stereocenters. The molecule has 3 rings (SSSR count). The Morgan fingerprint density at radius 3 is 2.70 bits per heavy atom. The van der Waals surface area contributed by atoms with Gasteiger partial charge in [-0.3, -0.25) is 9.78 Å². The van der Waals surface area contributed by atoms with E-state index in [4.69, 9.17) is 0 Å². The van der Waals surface area contributed by atoms with E-state index in [1.807, 2.05) is 30.3 Å². The van der Waals surface area contributed by atoms with E-state index in [-0.39, 0.29) is 5.78 Å². The Labute approximate surface area is 119 Å². The Bertz CT molecular complexity index is 629. The molecule has 0 unspecified atom stereocenters. The topological polar surface area (TPSA) is 30.0 Å². The van der Waals surface area contributed by atoms with Gasteiger partial charge in [0.2, 0.25) is 5.78 Å². The summed E-state index contributed by atoms with van der Waals surface area (Å²) in [5.74, 6) is 0.633. The fraction of sp³-hybridized carbons (Fsp3) is 0.333. The van der Waals surface area contributed by atoms with E-state index in [0.29, 0.717) is 11.6 Å². The highest BCUT2D eigenvalue weighted by Crippen LogP contribution is 2.38. The van der Waals surface area contributed by atoms with E-state index in [1.165, 1.54) is 24.8 Å². The molecule has 0 spiro atoms. The van der Waals surface area contributed by atoms with E-state index in [9.17, 15) is 4.79 Å². The summed E-state index contributed by atoms with van der Waals surface area (Å²) in [4.78, 5) is 17.1. The second kappa shape index (κ2) is 5.58. The van der Waals surface area contributed by atoms with E-state index in [2.05, 4.69) is 18.0 Å². The Morgan fingerprint density at radius 2 is 2.00 bits per heavy atom. The van der Waals surface area contributed by atoms with Gasteiger partial charge in [0.05, 0.1) is 0 Å². The number of hydrogen-bond acceptors (Lipinski definition) is 2. The molecule has 1 fully saturated rings. The van der Waals surface area contributed by atoms with Gasteiger partial charge in [-0.25, -0.2) is 0 Å². The van der Waals surface area contributed by atoms with E-state index >= 15 is 0 Å². The summed E-state index contributed by atoms with van der Waals surface area (Å²) in [7, 11) is 0. The van der Waals surface area contributed by atoms with Gasteiger partial charge in [-0.2, -0.15) is 0 Å².